The third-order valence-corrected chi connectivity index (χ3v) is 2.16. The molecule has 0 aliphatic carbocycles. The van der Waals surface area contributed by atoms with E-state index in [-0.39, 0.29) is 6.42 Å². The van der Waals surface area contributed by atoms with E-state index in [1.165, 1.54) is 6.42 Å². The second-order valence-electron chi connectivity index (χ2n) is 3.51. The van der Waals surface area contributed by atoms with Gasteiger partial charge in [-0.1, -0.05) is 32.4 Å². The van der Waals surface area contributed by atoms with Crippen LogP contribution in [0.4, 0.5) is 0 Å². The molecule has 0 aliphatic rings. The second-order valence-corrected chi connectivity index (χ2v) is 3.51. The summed E-state index contributed by atoms with van der Waals surface area (Å²) in [7, 11) is 0. The van der Waals surface area contributed by atoms with Crippen LogP contribution in [0.1, 0.15) is 46.0 Å². The summed E-state index contributed by atoms with van der Waals surface area (Å²) >= 11 is 0. The van der Waals surface area contributed by atoms with Gasteiger partial charge in [-0.3, -0.25) is 4.79 Å². The summed E-state index contributed by atoms with van der Waals surface area (Å²) < 4.78 is 0. The van der Waals surface area contributed by atoms with Gasteiger partial charge in [0.1, 0.15) is 0 Å². The lowest BCUT2D eigenvalue weighted by molar-refractivity contribution is -0.137. The van der Waals surface area contributed by atoms with Crippen LogP contribution in [0.5, 0.6) is 0 Å². The van der Waals surface area contributed by atoms with Crippen molar-refractivity contribution >= 4 is 5.97 Å². The maximum Gasteiger partial charge on any atom is 0.303 e. The first-order valence-electron chi connectivity index (χ1n) is 5.03. The van der Waals surface area contributed by atoms with E-state index < -0.39 is 5.97 Å². The van der Waals surface area contributed by atoms with Gasteiger partial charge in [0.05, 0.1) is 0 Å². The second kappa shape index (κ2) is 7.84. The molecule has 0 saturated carbocycles. The van der Waals surface area contributed by atoms with Crippen molar-refractivity contribution in [2.24, 2.45) is 5.92 Å². The molecule has 0 bridgehead atoms. The Labute approximate surface area is 80.7 Å². The van der Waals surface area contributed by atoms with Crippen LogP contribution in [-0.2, 0) is 4.79 Å². The van der Waals surface area contributed by atoms with E-state index in [0.717, 1.165) is 25.2 Å². The van der Waals surface area contributed by atoms with E-state index in [2.05, 4.69) is 26.0 Å². The number of aliphatic carboxylic acids is 1. The van der Waals surface area contributed by atoms with Crippen molar-refractivity contribution in [1.29, 1.82) is 0 Å². The van der Waals surface area contributed by atoms with Crippen molar-refractivity contribution in [3.63, 3.8) is 0 Å². The van der Waals surface area contributed by atoms with Crippen LogP contribution in [0.2, 0.25) is 0 Å². The monoisotopic (exact) mass is 184 g/mol. The molecule has 76 valence electrons. The molecular formula is C11H20O2. The van der Waals surface area contributed by atoms with Gasteiger partial charge in [0.25, 0.3) is 0 Å². The van der Waals surface area contributed by atoms with Gasteiger partial charge in [0, 0.05) is 6.42 Å². The van der Waals surface area contributed by atoms with Gasteiger partial charge >= 0.3 is 5.97 Å². The highest BCUT2D eigenvalue weighted by molar-refractivity contribution is 5.66. The van der Waals surface area contributed by atoms with Gasteiger partial charge in [-0.25, -0.2) is 0 Å². The molecule has 2 nitrogen and oxygen atoms in total. The molecule has 0 heterocycles. The molecule has 0 rings (SSSR count). The number of carboxylic acids is 1. The van der Waals surface area contributed by atoms with E-state index in [4.69, 9.17) is 5.11 Å². The molecule has 0 spiro atoms. The van der Waals surface area contributed by atoms with Gasteiger partial charge in [-0.15, -0.1) is 0 Å². The lowest BCUT2D eigenvalue weighted by atomic mass is 10.0. The number of carbonyl (C=O) groups is 1. The average molecular weight is 184 g/mol. The Balaban J connectivity index is 3.26. The zero-order chi connectivity index (χ0) is 10.1. The van der Waals surface area contributed by atoms with Crippen molar-refractivity contribution in [2.75, 3.05) is 0 Å². The largest absolute Gasteiger partial charge is 0.481 e. The fraction of sp³-hybridized carbons (Fsp3) is 0.727. The molecule has 0 amide bonds. The van der Waals surface area contributed by atoms with Crippen LogP contribution in [0.3, 0.4) is 0 Å². The molecule has 0 saturated heterocycles. The summed E-state index contributed by atoms with van der Waals surface area (Å²) in [4.78, 5) is 10.2. The van der Waals surface area contributed by atoms with Gasteiger partial charge < -0.3 is 5.11 Å². The fourth-order valence-corrected chi connectivity index (χ4v) is 0.984. The van der Waals surface area contributed by atoms with Gasteiger partial charge in [0.2, 0.25) is 0 Å². The van der Waals surface area contributed by atoms with Gasteiger partial charge in [0.15, 0.2) is 0 Å². The Morgan fingerprint density at radius 3 is 2.69 bits per heavy atom. The van der Waals surface area contributed by atoms with Crippen LogP contribution >= 0.6 is 0 Å². The quantitative estimate of drug-likeness (QED) is 0.487. The molecule has 0 fully saturated rings. The molecule has 1 unspecified atom stereocenters. The number of allylic oxidation sites excluding steroid dienone is 2. The normalized spacial score (nSPS) is 13.4. The van der Waals surface area contributed by atoms with Crippen LogP contribution in [0.25, 0.3) is 0 Å². The Morgan fingerprint density at radius 2 is 2.15 bits per heavy atom. The summed E-state index contributed by atoms with van der Waals surface area (Å²) in [5.41, 5.74) is 0. The zero-order valence-electron chi connectivity index (χ0n) is 8.62. The maximum absolute atomic E-state index is 10.2. The fourth-order valence-electron chi connectivity index (χ4n) is 0.984. The summed E-state index contributed by atoms with van der Waals surface area (Å²) in [5.74, 6) is 0.0473. The van der Waals surface area contributed by atoms with Crippen molar-refractivity contribution in [1.82, 2.24) is 0 Å². The standard InChI is InChI=1S/C11H20O2/c1-3-10(2)8-6-4-5-7-9-11(12)13/h4,6,10H,3,5,7-9H2,1-2H3,(H,12,13)/b6-4-. The van der Waals surface area contributed by atoms with Crippen LogP contribution < -0.4 is 0 Å². The predicted molar refractivity (Wildman–Crippen MR) is 54.7 cm³/mol. The number of hydrogen-bond acceptors (Lipinski definition) is 1. The smallest absolute Gasteiger partial charge is 0.303 e. The summed E-state index contributed by atoms with van der Waals surface area (Å²) in [6, 6.07) is 0. The number of unbranched alkanes of at least 4 members (excludes halogenated alkanes) is 1. The lowest BCUT2D eigenvalue weighted by Crippen LogP contribution is -1.92. The van der Waals surface area contributed by atoms with Crippen molar-refractivity contribution in [3.8, 4) is 0 Å². The van der Waals surface area contributed by atoms with E-state index in [1.807, 2.05) is 0 Å². The topological polar surface area (TPSA) is 37.3 Å². The molecule has 1 N–H and O–H groups in total. The van der Waals surface area contributed by atoms with Gasteiger partial charge in [-0.2, -0.15) is 0 Å². The molecule has 13 heavy (non-hydrogen) atoms. The van der Waals surface area contributed by atoms with E-state index in [1.54, 1.807) is 0 Å². The molecule has 0 aromatic rings. The predicted octanol–water partition coefficient (Wildman–Crippen LogP) is 3.23. The Morgan fingerprint density at radius 1 is 1.46 bits per heavy atom. The first-order valence-corrected chi connectivity index (χ1v) is 5.03. The van der Waals surface area contributed by atoms with Crippen LogP contribution in [0, 0.1) is 5.92 Å². The van der Waals surface area contributed by atoms with E-state index in [9.17, 15) is 4.79 Å². The minimum absolute atomic E-state index is 0.285. The molecule has 0 aromatic heterocycles. The first-order chi connectivity index (χ1) is 6.16. The molecule has 0 aliphatic heterocycles. The number of carboxylic acid groups (broad SMARTS) is 1. The van der Waals surface area contributed by atoms with Gasteiger partial charge in [-0.05, 0) is 25.2 Å². The first kappa shape index (κ1) is 12.2. The van der Waals surface area contributed by atoms with E-state index >= 15 is 0 Å². The van der Waals surface area contributed by atoms with Crippen molar-refractivity contribution < 1.29 is 9.90 Å². The molecular weight excluding hydrogens is 164 g/mol. The third-order valence-electron chi connectivity index (χ3n) is 2.16. The SMILES string of the molecule is CCC(C)C/C=C\CCCC(=O)O. The number of rotatable bonds is 7. The minimum atomic E-state index is -0.699. The number of hydrogen-bond donors (Lipinski definition) is 1. The van der Waals surface area contributed by atoms with Crippen LogP contribution in [0.15, 0.2) is 12.2 Å². The average Bonchev–Trinajstić information content (AvgIpc) is 2.10. The summed E-state index contributed by atoms with van der Waals surface area (Å²) in [6.07, 6.45) is 8.51. The molecule has 0 aromatic carbocycles. The molecule has 1 atom stereocenters. The Bertz CT molecular complexity index is 161. The lowest BCUT2D eigenvalue weighted by Gasteiger charge is -2.01. The molecule has 0 radical (unpaired) electrons. The third kappa shape index (κ3) is 9.12. The highest BCUT2D eigenvalue weighted by Gasteiger charge is 1.95. The maximum atomic E-state index is 10.2. The Hall–Kier alpha value is -0.790. The minimum Gasteiger partial charge on any atom is -0.481 e. The highest BCUT2D eigenvalue weighted by atomic mass is 16.4. The summed E-state index contributed by atoms with van der Waals surface area (Å²) in [6.45, 7) is 4.41. The molecule has 2 heteroatoms. The van der Waals surface area contributed by atoms with Crippen molar-refractivity contribution in [3.05, 3.63) is 12.2 Å². The summed E-state index contributed by atoms with van der Waals surface area (Å²) in [5, 5.41) is 8.37. The Kier molecular flexibility index (Phi) is 7.36. The zero-order valence-corrected chi connectivity index (χ0v) is 8.62. The van der Waals surface area contributed by atoms with E-state index in [0.29, 0.717) is 0 Å². The van der Waals surface area contributed by atoms with Crippen LogP contribution in [-0.4, -0.2) is 11.1 Å². The van der Waals surface area contributed by atoms with Crippen molar-refractivity contribution in [2.45, 2.75) is 46.0 Å². The highest BCUT2D eigenvalue weighted by Crippen LogP contribution is 2.07.